The molecular formula is C22H38O5Si. The van der Waals surface area contributed by atoms with Crippen molar-refractivity contribution in [3.05, 3.63) is 24.5 Å². The quantitative estimate of drug-likeness (QED) is 0.180. The number of ether oxygens (including phenoxy) is 2. The van der Waals surface area contributed by atoms with Crippen molar-refractivity contribution < 1.29 is 23.5 Å². The van der Waals surface area contributed by atoms with Gasteiger partial charge in [-0.1, -0.05) is 32.9 Å². The molecule has 0 aromatic carbocycles. The van der Waals surface area contributed by atoms with Gasteiger partial charge >= 0.3 is 11.9 Å². The van der Waals surface area contributed by atoms with Crippen LogP contribution in [0, 0.1) is 17.3 Å². The predicted octanol–water partition coefficient (Wildman–Crippen LogP) is 5.24. The lowest BCUT2D eigenvalue weighted by molar-refractivity contribution is -0.171. The molecule has 0 radical (unpaired) electrons. The first kappa shape index (κ1) is 24.5. The number of carbonyl (C=O) groups is 2. The molecule has 28 heavy (non-hydrogen) atoms. The number of hydrogen-bond donors (Lipinski definition) is 0. The zero-order chi connectivity index (χ0) is 21.6. The van der Waals surface area contributed by atoms with Gasteiger partial charge in [-0.05, 0) is 69.7 Å². The lowest BCUT2D eigenvalue weighted by Gasteiger charge is -2.35. The van der Waals surface area contributed by atoms with Crippen molar-refractivity contribution in [1.29, 1.82) is 0 Å². The van der Waals surface area contributed by atoms with Gasteiger partial charge in [0.1, 0.15) is 0 Å². The molecular weight excluding hydrogens is 372 g/mol. The molecule has 1 aliphatic carbocycles. The number of esters is 2. The van der Waals surface area contributed by atoms with Crippen LogP contribution in [0.1, 0.15) is 54.4 Å². The minimum atomic E-state index is -1.91. The molecule has 1 aliphatic rings. The molecule has 1 saturated carbocycles. The average molecular weight is 411 g/mol. The van der Waals surface area contributed by atoms with Crippen LogP contribution in [0.2, 0.25) is 18.1 Å². The van der Waals surface area contributed by atoms with Gasteiger partial charge in [0, 0.05) is 0 Å². The van der Waals surface area contributed by atoms with Gasteiger partial charge in [0.25, 0.3) is 0 Å². The van der Waals surface area contributed by atoms with Gasteiger partial charge in [0.05, 0.1) is 19.5 Å². The Morgan fingerprint density at radius 3 is 1.86 bits per heavy atom. The molecule has 2 atom stereocenters. The molecule has 0 saturated heterocycles. The molecule has 0 amide bonds. The van der Waals surface area contributed by atoms with Gasteiger partial charge in [0.15, 0.2) is 5.41 Å². The Hall–Kier alpha value is -1.56. The summed E-state index contributed by atoms with van der Waals surface area (Å²) in [6, 6.07) is 0. The molecule has 5 nitrogen and oxygen atoms in total. The second-order valence-corrected chi connectivity index (χ2v) is 13.7. The van der Waals surface area contributed by atoms with Crippen molar-refractivity contribution in [3.63, 3.8) is 0 Å². The molecule has 1 fully saturated rings. The lowest BCUT2D eigenvalue weighted by Crippen LogP contribution is -2.40. The summed E-state index contributed by atoms with van der Waals surface area (Å²) in [5, 5.41) is 0.107. The molecule has 6 heteroatoms. The van der Waals surface area contributed by atoms with Crippen molar-refractivity contribution in [2.24, 2.45) is 17.3 Å². The molecule has 1 rings (SSSR count). The van der Waals surface area contributed by atoms with Crippen molar-refractivity contribution in [3.8, 4) is 0 Å². The highest BCUT2D eigenvalue weighted by Crippen LogP contribution is 2.49. The maximum Gasteiger partial charge on any atom is 0.323 e. The van der Waals surface area contributed by atoms with Crippen molar-refractivity contribution in [1.82, 2.24) is 0 Å². The first-order chi connectivity index (χ1) is 12.9. The maximum atomic E-state index is 12.7. The largest absolute Gasteiger partial charge is 0.549 e. The summed E-state index contributed by atoms with van der Waals surface area (Å²) in [6.45, 7) is 16.9. The Bertz CT molecular complexity index is 583. The van der Waals surface area contributed by atoms with Crippen LogP contribution in [-0.4, -0.2) is 33.5 Å². The summed E-state index contributed by atoms with van der Waals surface area (Å²) in [7, 11) is -1.91. The van der Waals surface area contributed by atoms with Crippen LogP contribution >= 0.6 is 0 Å². The molecule has 0 aromatic heterocycles. The van der Waals surface area contributed by atoms with Crippen LogP contribution in [-0.2, 0) is 23.5 Å². The Labute approximate surface area is 171 Å². The number of rotatable bonds is 8. The van der Waals surface area contributed by atoms with E-state index in [4.69, 9.17) is 13.9 Å². The Morgan fingerprint density at radius 1 is 1.00 bits per heavy atom. The monoisotopic (exact) mass is 410 g/mol. The molecule has 0 aromatic rings. The van der Waals surface area contributed by atoms with E-state index in [0.29, 0.717) is 12.8 Å². The predicted molar refractivity (Wildman–Crippen MR) is 114 cm³/mol. The van der Waals surface area contributed by atoms with E-state index in [2.05, 4.69) is 39.9 Å². The minimum absolute atomic E-state index is 0.00906. The van der Waals surface area contributed by atoms with Crippen LogP contribution in [0.25, 0.3) is 0 Å². The van der Waals surface area contributed by atoms with Crippen LogP contribution in [0.4, 0.5) is 0 Å². The third kappa shape index (κ3) is 5.49. The Morgan fingerprint density at radius 2 is 1.46 bits per heavy atom. The van der Waals surface area contributed by atoms with Crippen molar-refractivity contribution in [2.75, 3.05) is 13.2 Å². The third-order valence-electron chi connectivity index (χ3n) is 5.98. The number of hydrogen-bond acceptors (Lipinski definition) is 5. The van der Waals surface area contributed by atoms with Gasteiger partial charge < -0.3 is 13.9 Å². The summed E-state index contributed by atoms with van der Waals surface area (Å²) in [5.74, 6) is -0.902. The van der Waals surface area contributed by atoms with Gasteiger partial charge in [-0.3, -0.25) is 9.59 Å². The zero-order valence-electron chi connectivity index (χ0n) is 18.8. The summed E-state index contributed by atoms with van der Waals surface area (Å²) >= 11 is 0. The second kappa shape index (κ2) is 9.77. The molecule has 0 bridgehead atoms. The summed E-state index contributed by atoms with van der Waals surface area (Å²) < 4.78 is 16.7. The van der Waals surface area contributed by atoms with Crippen molar-refractivity contribution in [2.45, 2.75) is 72.5 Å². The smallest absolute Gasteiger partial charge is 0.323 e. The van der Waals surface area contributed by atoms with Crippen LogP contribution in [0.5, 0.6) is 0 Å². The zero-order valence-corrected chi connectivity index (χ0v) is 19.8. The normalized spacial score (nSPS) is 22.6. The standard InChI is InChI=1S/C22H38O5Si/c1-9-12-17-15-22(19(23)25-10-2,20(24)26-11-3)16-18(17)13-14-27-28(7,8)21(4,5)6/h9,12-14,17-18H,10-11,15-16H2,1-8H3/b12-9-,14-13+. The van der Waals surface area contributed by atoms with Gasteiger partial charge in [-0.25, -0.2) is 0 Å². The SMILES string of the molecule is C/C=C\C1CC(C(=O)OCC)(C(=O)OCC)CC1/C=C/O[Si](C)(C)C(C)(C)C. The van der Waals surface area contributed by atoms with E-state index in [1.807, 2.05) is 19.1 Å². The van der Waals surface area contributed by atoms with Crippen molar-refractivity contribution >= 4 is 20.3 Å². The highest BCUT2D eigenvalue weighted by Gasteiger charge is 2.56. The molecule has 0 N–H and O–H groups in total. The lowest BCUT2D eigenvalue weighted by atomic mass is 9.85. The molecule has 0 heterocycles. The van der Waals surface area contributed by atoms with E-state index in [-0.39, 0.29) is 30.1 Å². The molecule has 0 spiro atoms. The number of allylic oxidation sites excluding steroid dienone is 3. The first-order valence-corrected chi connectivity index (χ1v) is 13.2. The highest BCUT2D eigenvalue weighted by molar-refractivity contribution is 6.74. The van der Waals surface area contributed by atoms with Crippen LogP contribution in [0.3, 0.4) is 0 Å². The van der Waals surface area contributed by atoms with E-state index >= 15 is 0 Å². The molecule has 160 valence electrons. The fourth-order valence-electron chi connectivity index (χ4n) is 3.30. The summed E-state index contributed by atoms with van der Waals surface area (Å²) in [4.78, 5) is 25.5. The van der Waals surface area contributed by atoms with Gasteiger partial charge in [0.2, 0.25) is 8.32 Å². The van der Waals surface area contributed by atoms with E-state index in [0.717, 1.165) is 0 Å². The molecule has 0 aliphatic heterocycles. The van der Waals surface area contributed by atoms with E-state index in [1.54, 1.807) is 20.1 Å². The first-order valence-electron chi connectivity index (χ1n) is 10.3. The minimum Gasteiger partial charge on any atom is -0.549 e. The number of carbonyl (C=O) groups excluding carboxylic acids is 2. The van der Waals surface area contributed by atoms with E-state index < -0.39 is 25.7 Å². The van der Waals surface area contributed by atoms with E-state index in [1.165, 1.54) is 0 Å². The third-order valence-corrected chi connectivity index (χ3v) is 10.3. The topological polar surface area (TPSA) is 61.8 Å². The highest BCUT2D eigenvalue weighted by atomic mass is 28.4. The van der Waals surface area contributed by atoms with Gasteiger partial charge in [-0.2, -0.15) is 0 Å². The average Bonchev–Trinajstić information content (AvgIpc) is 2.94. The Kier molecular flexibility index (Phi) is 8.54. The summed E-state index contributed by atoms with van der Waals surface area (Å²) in [5.41, 5.74) is -1.25. The van der Waals surface area contributed by atoms with Crippen LogP contribution < -0.4 is 0 Å². The molecule has 2 unspecified atom stereocenters. The fourth-order valence-corrected chi connectivity index (χ4v) is 4.07. The van der Waals surface area contributed by atoms with E-state index in [9.17, 15) is 9.59 Å². The second-order valence-electron chi connectivity index (χ2n) is 8.99. The van der Waals surface area contributed by atoms with Crippen LogP contribution in [0.15, 0.2) is 24.5 Å². The van der Waals surface area contributed by atoms with Gasteiger partial charge in [-0.15, -0.1) is 0 Å². The maximum absolute atomic E-state index is 12.7. The summed E-state index contributed by atoms with van der Waals surface area (Å²) in [6.07, 6.45) is 8.58. The fraction of sp³-hybridized carbons (Fsp3) is 0.727. The Balaban J connectivity index is 3.13.